The van der Waals surface area contributed by atoms with Gasteiger partial charge in [0.05, 0.1) is 10.8 Å². The Hall–Kier alpha value is -1.34. The minimum Gasteiger partial charge on any atom is -0.329 e. The molecule has 0 radical (unpaired) electrons. The summed E-state index contributed by atoms with van der Waals surface area (Å²) in [4.78, 5) is 14.9. The van der Waals surface area contributed by atoms with Crippen LogP contribution in [0.25, 0.3) is 0 Å². The fourth-order valence-electron chi connectivity index (χ4n) is 7.18. The Labute approximate surface area is 323 Å². The van der Waals surface area contributed by atoms with Gasteiger partial charge in [0.15, 0.2) is 0 Å². The summed E-state index contributed by atoms with van der Waals surface area (Å²) in [6.07, 6.45) is 10.4. The van der Waals surface area contributed by atoms with Crippen LogP contribution in [0.4, 0.5) is 8.78 Å². The van der Waals surface area contributed by atoms with Crippen molar-refractivity contribution in [3.63, 3.8) is 0 Å². The summed E-state index contributed by atoms with van der Waals surface area (Å²) < 4.78 is 79.6. The number of carbonyl (C=O) groups excluding carboxylic acids is 1. The summed E-state index contributed by atoms with van der Waals surface area (Å²) >= 11 is 5.27. The number of piperidine rings is 2. The van der Waals surface area contributed by atoms with E-state index < -0.39 is 31.9 Å². The highest BCUT2D eigenvalue weighted by Crippen LogP contribution is 2.45. The zero-order valence-corrected chi connectivity index (χ0v) is 35.2. The normalized spacial score (nSPS) is 22.9. The highest BCUT2D eigenvalue weighted by atomic mass is 35.5. The van der Waals surface area contributed by atoms with Gasteiger partial charge < -0.3 is 16.0 Å². The van der Waals surface area contributed by atoms with Gasteiger partial charge in [-0.25, -0.2) is 26.2 Å². The SMILES string of the molecule is CCCS(=O)(=O)N1CCC(CN)(N2CCN(C)CC2)CC1.CCNS(=O)(=O)N1CCC(CNC)(CC2CC2)CC1.C\C(Cl)=C(F)/C=C\C(F)=C(/C)C=O. The lowest BCUT2D eigenvalue weighted by Crippen LogP contribution is -2.63. The van der Waals surface area contributed by atoms with E-state index in [0.717, 1.165) is 76.5 Å². The first-order valence-corrected chi connectivity index (χ1v) is 22.4. The van der Waals surface area contributed by atoms with Crippen LogP contribution in [0.15, 0.2) is 34.4 Å². The first-order valence-electron chi connectivity index (χ1n) is 19.0. The van der Waals surface area contributed by atoms with Gasteiger partial charge in [0.1, 0.15) is 17.9 Å². The summed E-state index contributed by atoms with van der Waals surface area (Å²) in [6, 6.07) is 0. The van der Waals surface area contributed by atoms with Crippen molar-refractivity contribution in [3.8, 4) is 0 Å². The number of allylic oxidation sites excluding steroid dienone is 6. The molecule has 1 saturated carbocycles. The number of nitrogens with two attached hydrogens (primary N) is 1. The maximum atomic E-state index is 12.7. The summed E-state index contributed by atoms with van der Waals surface area (Å²) in [7, 11) is -2.17. The lowest BCUT2D eigenvalue weighted by molar-refractivity contribution is -0.105. The van der Waals surface area contributed by atoms with Crippen LogP contribution in [0, 0.1) is 11.3 Å². The molecule has 0 unspecified atom stereocenters. The molecule has 0 aromatic rings. The molecular weight excluding hydrogens is 748 g/mol. The molecule has 4 N–H and O–H groups in total. The fraction of sp³-hybridized carbons (Fsp3) is 0.806. The number of hydrogen-bond donors (Lipinski definition) is 3. The minimum atomic E-state index is -3.25. The Morgan fingerprint density at radius 3 is 1.89 bits per heavy atom. The van der Waals surface area contributed by atoms with Crippen LogP contribution in [0.2, 0.25) is 0 Å². The van der Waals surface area contributed by atoms with Crippen molar-refractivity contribution in [3.05, 3.63) is 34.4 Å². The molecule has 0 aromatic heterocycles. The maximum absolute atomic E-state index is 12.7. The van der Waals surface area contributed by atoms with E-state index in [0.29, 0.717) is 57.4 Å². The molecule has 3 aliphatic heterocycles. The lowest BCUT2D eigenvalue weighted by Gasteiger charge is -2.50. The standard InChI is InChI=1S/C14H30N4O2S.C13H27N3O2S.C9H9ClF2O/c1-3-12-21(19,20)18-6-4-14(13-15,5-7-18)17-10-8-16(2)9-11-17;1-3-15-19(17,18)16-8-6-13(7-9-16,11-14-2)10-12-4-5-12;1-6(5-13)8(11)3-4-9(12)7(2)10/h3-13,15H2,1-2H3;12,14-15H,3-11H2,1-2H3;3-5H,1-2H3/b;;4-3-,8-6-,9-7-. The van der Waals surface area contributed by atoms with E-state index in [2.05, 4.69) is 26.9 Å². The van der Waals surface area contributed by atoms with Crippen molar-refractivity contribution in [2.75, 3.05) is 91.8 Å². The van der Waals surface area contributed by atoms with Crippen LogP contribution in [-0.2, 0) is 25.0 Å². The van der Waals surface area contributed by atoms with Gasteiger partial charge in [-0.1, -0.05) is 38.3 Å². The summed E-state index contributed by atoms with van der Waals surface area (Å²) in [6.45, 7) is 15.2. The van der Waals surface area contributed by atoms with Crippen LogP contribution in [0.1, 0.15) is 79.1 Å². The maximum Gasteiger partial charge on any atom is 0.279 e. The van der Waals surface area contributed by atoms with Gasteiger partial charge in [0.2, 0.25) is 10.0 Å². The van der Waals surface area contributed by atoms with Crippen molar-refractivity contribution in [2.45, 2.75) is 84.6 Å². The quantitative estimate of drug-likeness (QED) is 0.126. The predicted octanol–water partition coefficient (Wildman–Crippen LogP) is 4.13. The van der Waals surface area contributed by atoms with Crippen LogP contribution in [0.5, 0.6) is 0 Å². The van der Waals surface area contributed by atoms with E-state index >= 15 is 0 Å². The minimum absolute atomic E-state index is 0.000501. The Balaban J connectivity index is 0.000000284. The number of rotatable bonds is 15. The van der Waals surface area contributed by atoms with Gasteiger partial charge in [-0.3, -0.25) is 9.69 Å². The lowest BCUT2D eigenvalue weighted by atomic mass is 9.74. The van der Waals surface area contributed by atoms with Crippen LogP contribution in [-0.4, -0.2) is 139 Å². The molecule has 3 saturated heterocycles. The third kappa shape index (κ3) is 15.3. The predicted molar refractivity (Wildman–Crippen MR) is 212 cm³/mol. The smallest absolute Gasteiger partial charge is 0.279 e. The fourth-order valence-corrected chi connectivity index (χ4v) is 9.97. The molecule has 0 amide bonds. The van der Waals surface area contributed by atoms with E-state index in [1.807, 2.05) is 20.9 Å². The molecule has 0 spiro atoms. The molecular formula is C36H66ClF2N7O5S2. The third-order valence-electron chi connectivity index (χ3n) is 10.7. The van der Waals surface area contributed by atoms with Crippen LogP contribution >= 0.6 is 11.6 Å². The second kappa shape index (κ2) is 22.4. The van der Waals surface area contributed by atoms with Crippen molar-refractivity contribution in [2.24, 2.45) is 17.1 Å². The van der Waals surface area contributed by atoms with Gasteiger partial charge in [-0.2, -0.15) is 12.7 Å². The largest absolute Gasteiger partial charge is 0.329 e. The molecule has 0 aromatic carbocycles. The zero-order chi connectivity index (χ0) is 39.9. The average molecular weight is 815 g/mol. The van der Waals surface area contributed by atoms with E-state index in [-0.39, 0.29) is 21.9 Å². The highest BCUT2D eigenvalue weighted by molar-refractivity contribution is 7.89. The Kier molecular flexibility index (Phi) is 20.2. The molecule has 4 fully saturated rings. The second-order valence-corrected chi connectivity index (χ2v) is 19.3. The molecule has 4 rings (SSSR count). The van der Waals surface area contributed by atoms with Crippen LogP contribution < -0.4 is 15.8 Å². The number of hydrogen-bond acceptors (Lipinski definition) is 9. The van der Waals surface area contributed by atoms with Gasteiger partial charge >= 0.3 is 0 Å². The topological polar surface area (TPSA) is 148 Å². The number of nitrogens with one attached hydrogen (secondary N) is 2. The first kappa shape index (κ1) is 47.8. The van der Waals surface area contributed by atoms with Crippen molar-refractivity contribution >= 4 is 38.1 Å². The second-order valence-electron chi connectivity index (χ2n) is 14.9. The number of sulfonamides is 1. The third-order valence-corrected chi connectivity index (χ3v) is 14.7. The Morgan fingerprint density at radius 2 is 1.43 bits per heavy atom. The van der Waals surface area contributed by atoms with Gasteiger partial charge in [0, 0.05) is 83.1 Å². The number of nitrogens with zero attached hydrogens (tertiary/aromatic N) is 4. The van der Waals surface area contributed by atoms with E-state index in [4.69, 9.17) is 17.3 Å². The van der Waals surface area contributed by atoms with Gasteiger partial charge in [-0.15, -0.1) is 0 Å². The van der Waals surface area contributed by atoms with Crippen LogP contribution in [0.3, 0.4) is 0 Å². The number of carbonyl (C=O) groups is 1. The zero-order valence-electron chi connectivity index (χ0n) is 32.8. The van der Waals surface area contributed by atoms with Crippen molar-refractivity contribution < 1.29 is 30.4 Å². The number of aldehydes is 1. The van der Waals surface area contributed by atoms with Gasteiger partial charge in [0.25, 0.3) is 10.2 Å². The molecule has 3 heterocycles. The Morgan fingerprint density at radius 1 is 0.887 bits per heavy atom. The van der Waals surface area contributed by atoms with E-state index in [1.54, 1.807) is 8.61 Å². The molecule has 308 valence electrons. The molecule has 4 aliphatic rings. The molecule has 17 heteroatoms. The summed E-state index contributed by atoms with van der Waals surface area (Å²) in [5, 5.41) is 3.24. The molecule has 0 bridgehead atoms. The van der Waals surface area contributed by atoms with Crippen molar-refractivity contribution in [1.29, 1.82) is 0 Å². The summed E-state index contributed by atoms with van der Waals surface area (Å²) in [5.41, 5.74) is 6.32. The molecule has 1 aliphatic carbocycles. The highest BCUT2D eigenvalue weighted by Gasteiger charge is 2.42. The number of likely N-dealkylation sites (N-methyl/N-ethyl adjacent to an activating group) is 1. The summed E-state index contributed by atoms with van der Waals surface area (Å²) in [5.74, 6) is -0.346. The van der Waals surface area contributed by atoms with Gasteiger partial charge in [-0.05, 0) is 90.0 Å². The molecule has 0 atom stereocenters. The molecule has 53 heavy (non-hydrogen) atoms. The monoisotopic (exact) mass is 813 g/mol. The van der Waals surface area contributed by atoms with E-state index in [9.17, 15) is 30.4 Å². The number of halogens is 3. The first-order chi connectivity index (χ1) is 24.9. The molecule has 12 nitrogen and oxygen atoms in total. The van der Waals surface area contributed by atoms with E-state index in [1.165, 1.54) is 33.1 Å². The Bertz CT molecular complexity index is 1450. The number of piperazine rings is 1. The average Bonchev–Trinajstić information content (AvgIpc) is 3.94. The van der Waals surface area contributed by atoms with Crippen molar-refractivity contribution in [1.82, 2.24) is 28.4 Å².